The fraction of sp³-hybridized carbons (Fsp3) is 0.438. The summed E-state index contributed by atoms with van der Waals surface area (Å²) in [4.78, 5) is 0. The maximum Gasteiger partial charge on any atom is 0.122 e. The van der Waals surface area contributed by atoms with Gasteiger partial charge in [-0.15, -0.1) is 0 Å². The number of nitrogens with zero attached hydrogens (tertiary/aromatic N) is 2. The zero-order valence-electron chi connectivity index (χ0n) is 13.0. The average Bonchev–Trinajstić information content (AvgIpc) is 2.75. The van der Waals surface area contributed by atoms with Crippen LogP contribution in [0.3, 0.4) is 0 Å². The molecule has 114 valence electrons. The van der Waals surface area contributed by atoms with Crippen LogP contribution in [-0.2, 0) is 13.0 Å². The van der Waals surface area contributed by atoms with Crippen molar-refractivity contribution in [2.45, 2.75) is 39.8 Å². The Hall–Kier alpha value is -1.52. The molecule has 4 nitrogen and oxygen atoms in total. The van der Waals surface area contributed by atoms with Crippen molar-refractivity contribution in [3.05, 3.63) is 45.7 Å². The summed E-state index contributed by atoms with van der Waals surface area (Å²) in [5, 5.41) is 5.14. The van der Waals surface area contributed by atoms with Crippen molar-refractivity contribution in [2.24, 2.45) is 5.73 Å². The van der Waals surface area contributed by atoms with Gasteiger partial charge in [0, 0.05) is 19.0 Å². The molecule has 0 aliphatic carbocycles. The predicted octanol–water partition coefficient (Wildman–Crippen LogP) is 3.42. The number of hydrogen-bond donors (Lipinski definition) is 1. The molecule has 0 amide bonds. The second-order valence-corrected chi connectivity index (χ2v) is 5.58. The van der Waals surface area contributed by atoms with Gasteiger partial charge in [-0.1, -0.05) is 23.7 Å². The number of benzene rings is 1. The van der Waals surface area contributed by atoms with Crippen LogP contribution in [0.1, 0.15) is 35.5 Å². The second kappa shape index (κ2) is 6.50. The lowest BCUT2D eigenvalue weighted by Gasteiger charge is -2.15. The second-order valence-electron chi connectivity index (χ2n) is 5.20. The molecule has 2 N–H and O–H groups in total. The lowest BCUT2D eigenvalue weighted by molar-refractivity contribution is 0.410. The molecular weight excluding hydrogens is 286 g/mol. The largest absolute Gasteiger partial charge is 0.496 e. The third-order valence-electron chi connectivity index (χ3n) is 3.73. The van der Waals surface area contributed by atoms with E-state index >= 15 is 0 Å². The summed E-state index contributed by atoms with van der Waals surface area (Å²) in [5.74, 6) is 0.856. The summed E-state index contributed by atoms with van der Waals surface area (Å²) in [6.45, 7) is 6.76. The Balaban J connectivity index is 2.28. The number of rotatable bonds is 5. The van der Waals surface area contributed by atoms with E-state index in [4.69, 9.17) is 22.1 Å². The maximum atomic E-state index is 6.35. The molecule has 0 saturated heterocycles. The van der Waals surface area contributed by atoms with Crippen molar-refractivity contribution >= 4 is 11.6 Å². The van der Waals surface area contributed by atoms with E-state index < -0.39 is 0 Å². The lowest BCUT2D eigenvalue weighted by atomic mass is 10.0. The van der Waals surface area contributed by atoms with Crippen LogP contribution >= 0.6 is 11.6 Å². The molecular formula is C16H22ClN3O. The van der Waals surface area contributed by atoms with E-state index in [9.17, 15) is 0 Å². The van der Waals surface area contributed by atoms with Crippen LogP contribution in [0.2, 0.25) is 5.02 Å². The first-order chi connectivity index (χ1) is 9.97. The van der Waals surface area contributed by atoms with E-state index in [0.717, 1.165) is 34.8 Å². The molecule has 0 bridgehead atoms. The number of aromatic nitrogens is 2. The molecule has 1 unspecified atom stereocenters. The molecule has 0 aliphatic heterocycles. The van der Waals surface area contributed by atoms with Gasteiger partial charge in [0.2, 0.25) is 0 Å². The molecule has 2 rings (SSSR count). The molecule has 1 heterocycles. The van der Waals surface area contributed by atoms with Crippen molar-refractivity contribution in [3.63, 3.8) is 0 Å². The van der Waals surface area contributed by atoms with Crippen LogP contribution in [0, 0.1) is 13.8 Å². The Labute approximate surface area is 130 Å². The quantitative estimate of drug-likeness (QED) is 0.921. The minimum atomic E-state index is -0.140. The zero-order valence-corrected chi connectivity index (χ0v) is 13.7. The van der Waals surface area contributed by atoms with Crippen molar-refractivity contribution in [1.82, 2.24) is 9.78 Å². The first-order valence-electron chi connectivity index (χ1n) is 7.09. The van der Waals surface area contributed by atoms with Crippen LogP contribution < -0.4 is 10.5 Å². The highest BCUT2D eigenvalue weighted by atomic mass is 35.5. The monoisotopic (exact) mass is 307 g/mol. The van der Waals surface area contributed by atoms with Crippen molar-refractivity contribution in [2.75, 3.05) is 7.11 Å². The van der Waals surface area contributed by atoms with Crippen molar-refractivity contribution in [1.29, 1.82) is 0 Å². The van der Waals surface area contributed by atoms with Gasteiger partial charge in [-0.25, -0.2) is 0 Å². The van der Waals surface area contributed by atoms with Crippen LogP contribution in [0.25, 0.3) is 0 Å². The first kappa shape index (κ1) is 15.9. The Bertz CT molecular complexity index is 637. The SMILES string of the molecule is CCn1nc(C)c(Cl)c1CC(N)c1ccc(C)c(OC)c1. The summed E-state index contributed by atoms with van der Waals surface area (Å²) >= 11 is 6.34. The molecule has 1 atom stereocenters. The summed E-state index contributed by atoms with van der Waals surface area (Å²) in [7, 11) is 1.67. The standard InChI is InChI=1S/C16H22ClN3O/c1-5-20-14(16(17)11(3)19-20)9-13(18)12-7-6-10(2)15(8-12)21-4/h6-8,13H,5,9,18H2,1-4H3. The van der Waals surface area contributed by atoms with Gasteiger partial charge in [-0.05, 0) is 38.0 Å². The topological polar surface area (TPSA) is 53.1 Å². The van der Waals surface area contributed by atoms with Crippen LogP contribution in [0.4, 0.5) is 0 Å². The van der Waals surface area contributed by atoms with Crippen molar-refractivity contribution in [3.8, 4) is 5.75 Å². The minimum Gasteiger partial charge on any atom is -0.496 e. The number of ether oxygens (including phenoxy) is 1. The van der Waals surface area contributed by atoms with Crippen LogP contribution in [0.5, 0.6) is 5.75 Å². The Morgan fingerprint density at radius 3 is 2.71 bits per heavy atom. The van der Waals surface area contributed by atoms with E-state index in [1.807, 2.05) is 43.7 Å². The van der Waals surface area contributed by atoms with Gasteiger partial charge in [0.15, 0.2) is 0 Å². The molecule has 21 heavy (non-hydrogen) atoms. The fourth-order valence-electron chi connectivity index (χ4n) is 2.46. The third-order valence-corrected chi connectivity index (χ3v) is 4.22. The highest BCUT2D eigenvalue weighted by Crippen LogP contribution is 2.27. The first-order valence-corrected chi connectivity index (χ1v) is 7.47. The molecule has 0 saturated carbocycles. The molecule has 0 spiro atoms. The van der Waals surface area contributed by atoms with Crippen molar-refractivity contribution < 1.29 is 4.74 Å². The molecule has 1 aromatic carbocycles. The van der Waals surface area contributed by atoms with E-state index in [-0.39, 0.29) is 6.04 Å². The normalized spacial score (nSPS) is 12.5. The molecule has 0 aliphatic rings. The lowest BCUT2D eigenvalue weighted by Crippen LogP contribution is -2.16. The summed E-state index contributed by atoms with van der Waals surface area (Å²) in [6, 6.07) is 5.92. The summed E-state index contributed by atoms with van der Waals surface area (Å²) in [5.41, 5.74) is 10.3. The number of halogens is 1. The van der Waals surface area contributed by atoms with Gasteiger partial charge in [-0.2, -0.15) is 5.10 Å². The van der Waals surface area contributed by atoms with E-state index in [1.165, 1.54) is 0 Å². The molecule has 0 radical (unpaired) electrons. The smallest absolute Gasteiger partial charge is 0.122 e. The molecule has 1 aromatic heterocycles. The number of methoxy groups -OCH3 is 1. The van der Waals surface area contributed by atoms with E-state index in [0.29, 0.717) is 11.4 Å². The highest BCUT2D eigenvalue weighted by molar-refractivity contribution is 6.31. The highest BCUT2D eigenvalue weighted by Gasteiger charge is 2.17. The van der Waals surface area contributed by atoms with Gasteiger partial charge in [0.25, 0.3) is 0 Å². The van der Waals surface area contributed by atoms with E-state index in [2.05, 4.69) is 5.10 Å². The Morgan fingerprint density at radius 1 is 1.38 bits per heavy atom. The fourth-order valence-corrected chi connectivity index (χ4v) is 2.67. The maximum absolute atomic E-state index is 6.35. The molecule has 0 fully saturated rings. The number of aryl methyl sites for hydroxylation is 3. The number of hydrogen-bond acceptors (Lipinski definition) is 3. The van der Waals surface area contributed by atoms with Crippen LogP contribution in [0.15, 0.2) is 18.2 Å². The number of nitrogens with two attached hydrogens (primary N) is 1. The summed E-state index contributed by atoms with van der Waals surface area (Å²) < 4.78 is 7.28. The van der Waals surface area contributed by atoms with Gasteiger partial charge < -0.3 is 10.5 Å². The average molecular weight is 308 g/mol. The Kier molecular flexibility index (Phi) is 4.91. The molecule has 5 heteroatoms. The van der Waals surface area contributed by atoms with Gasteiger partial charge in [-0.3, -0.25) is 4.68 Å². The predicted molar refractivity (Wildman–Crippen MR) is 86.0 cm³/mol. The zero-order chi connectivity index (χ0) is 15.6. The van der Waals surface area contributed by atoms with Gasteiger partial charge in [0.05, 0.1) is 23.5 Å². The van der Waals surface area contributed by atoms with Crippen LogP contribution in [-0.4, -0.2) is 16.9 Å². The van der Waals surface area contributed by atoms with Gasteiger partial charge in [0.1, 0.15) is 5.75 Å². The third kappa shape index (κ3) is 3.22. The summed E-state index contributed by atoms with van der Waals surface area (Å²) in [6.07, 6.45) is 0.653. The van der Waals surface area contributed by atoms with Gasteiger partial charge >= 0.3 is 0 Å². The molecule has 2 aromatic rings. The Morgan fingerprint density at radius 2 is 2.10 bits per heavy atom. The van der Waals surface area contributed by atoms with E-state index in [1.54, 1.807) is 7.11 Å². The minimum absolute atomic E-state index is 0.140.